The van der Waals surface area contributed by atoms with Gasteiger partial charge < -0.3 is 9.67 Å². The van der Waals surface area contributed by atoms with Crippen molar-refractivity contribution in [1.29, 1.82) is 0 Å². The summed E-state index contributed by atoms with van der Waals surface area (Å²) in [7, 11) is 0. The molecule has 3 nitrogen and oxygen atoms in total. The van der Waals surface area contributed by atoms with Gasteiger partial charge in [-0.2, -0.15) is 0 Å². The Balaban J connectivity index is 2.03. The number of rotatable bonds is 5. The lowest BCUT2D eigenvalue weighted by Crippen LogP contribution is -2.17. The minimum atomic E-state index is -0.381. The predicted molar refractivity (Wildman–Crippen MR) is 77.2 cm³/mol. The van der Waals surface area contributed by atoms with Gasteiger partial charge in [0.2, 0.25) is 0 Å². The Kier molecular flexibility index (Phi) is 4.38. The molecule has 0 saturated heterocycles. The van der Waals surface area contributed by atoms with Crippen molar-refractivity contribution in [2.24, 2.45) is 0 Å². The summed E-state index contributed by atoms with van der Waals surface area (Å²) in [6.07, 6.45) is 4.66. The monoisotopic (exact) mass is 258 g/mol. The number of imidazole rings is 1. The molecule has 19 heavy (non-hydrogen) atoms. The quantitative estimate of drug-likeness (QED) is 0.895. The van der Waals surface area contributed by atoms with Gasteiger partial charge in [0.05, 0.1) is 6.10 Å². The second-order valence-corrected chi connectivity index (χ2v) is 5.19. The van der Waals surface area contributed by atoms with E-state index in [2.05, 4.69) is 48.5 Å². The molecule has 1 heterocycles. The number of aliphatic hydroxyl groups is 1. The number of hydrogen-bond acceptors (Lipinski definition) is 2. The van der Waals surface area contributed by atoms with Gasteiger partial charge in [-0.25, -0.2) is 4.98 Å². The summed E-state index contributed by atoms with van der Waals surface area (Å²) >= 11 is 0. The molecule has 1 unspecified atom stereocenters. The highest BCUT2D eigenvalue weighted by Crippen LogP contribution is 2.13. The third-order valence-electron chi connectivity index (χ3n) is 3.31. The number of nitrogens with zero attached hydrogens (tertiary/aromatic N) is 2. The smallest absolute Gasteiger partial charge is 0.111 e. The van der Waals surface area contributed by atoms with Crippen molar-refractivity contribution in [3.05, 3.63) is 53.1 Å². The molecule has 1 aromatic heterocycles. The number of aryl methyl sites for hydroxylation is 3. The van der Waals surface area contributed by atoms with Crippen LogP contribution in [0.5, 0.6) is 0 Å². The van der Waals surface area contributed by atoms with E-state index in [1.165, 1.54) is 16.7 Å². The Hall–Kier alpha value is -1.61. The van der Waals surface area contributed by atoms with Crippen molar-refractivity contribution in [2.75, 3.05) is 0 Å². The Bertz CT molecular complexity index is 525. The third-order valence-corrected chi connectivity index (χ3v) is 3.31. The zero-order valence-electron chi connectivity index (χ0n) is 11.9. The predicted octanol–water partition coefficient (Wildman–Crippen LogP) is 2.67. The lowest BCUT2D eigenvalue weighted by Gasteiger charge is -2.12. The molecule has 0 aliphatic rings. The van der Waals surface area contributed by atoms with E-state index in [1.54, 1.807) is 6.20 Å². The molecule has 1 N–H and O–H groups in total. The molecule has 102 valence electrons. The molecule has 2 aromatic rings. The fourth-order valence-electron chi connectivity index (χ4n) is 2.56. The minimum absolute atomic E-state index is 0.381. The summed E-state index contributed by atoms with van der Waals surface area (Å²) < 4.78 is 2.07. The van der Waals surface area contributed by atoms with Crippen LogP contribution in [0.15, 0.2) is 30.6 Å². The Labute approximate surface area is 114 Å². The van der Waals surface area contributed by atoms with E-state index in [0.29, 0.717) is 12.8 Å². The van der Waals surface area contributed by atoms with Crippen LogP contribution in [-0.2, 0) is 19.4 Å². The zero-order chi connectivity index (χ0) is 13.8. The van der Waals surface area contributed by atoms with Crippen molar-refractivity contribution in [1.82, 2.24) is 9.55 Å². The SMILES string of the molecule is CCn1ccnc1CC(O)Cc1cc(C)cc(C)c1. The highest BCUT2D eigenvalue weighted by molar-refractivity contribution is 5.29. The molecular formula is C16H22N2O. The van der Waals surface area contributed by atoms with Gasteiger partial charge in [-0.15, -0.1) is 0 Å². The minimum Gasteiger partial charge on any atom is -0.392 e. The first-order chi connectivity index (χ1) is 9.08. The largest absolute Gasteiger partial charge is 0.392 e. The van der Waals surface area contributed by atoms with Gasteiger partial charge in [0.15, 0.2) is 0 Å². The summed E-state index contributed by atoms with van der Waals surface area (Å²) in [5, 5.41) is 10.2. The summed E-state index contributed by atoms with van der Waals surface area (Å²) in [6.45, 7) is 7.16. The maximum atomic E-state index is 10.2. The fraction of sp³-hybridized carbons (Fsp3) is 0.438. The molecule has 0 fully saturated rings. The first-order valence-corrected chi connectivity index (χ1v) is 6.83. The topological polar surface area (TPSA) is 38.0 Å². The standard InChI is InChI=1S/C16H22N2O/c1-4-18-6-5-17-16(18)11-15(19)10-14-8-12(2)7-13(3)9-14/h5-9,15,19H,4,10-11H2,1-3H3. The highest BCUT2D eigenvalue weighted by Gasteiger charge is 2.11. The normalized spacial score (nSPS) is 12.6. The van der Waals surface area contributed by atoms with Crippen LogP contribution < -0.4 is 0 Å². The number of benzene rings is 1. The molecule has 0 saturated carbocycles. The molecule has 0 radical (unpaired) electrons. The maximum absolute atomic E-state index is 10.2. The van der Waals surface area contributed by atoms with Crippen LogP contribution >= 0.6 is 0 Å². The molecule has 0 amide bonds. The lowest BCUT2D eigenvalue weighted by molar-refractivity contribution is 0.171. The third kappa shape index (κ3) is 3.67. The molecule has 1 atom stereocenters. The van der Waals surface area contributed by atoms with Crippen molar-refractivity contribution in [2.45, 2.75) is 46.3 Å². The van der Waals surface area contributed by atoms with Crippen molar-refractivity contribution in [3.63, 3.8) is 0 Å². The van der Waals surface area contributed by atoms with Crippen LogP contribution in [0.1, 0.15) is 29.4 Å². The number of aromatic nitrogens is 2. The van der Waals surface area contributed by atoms with E-state index < -0.39 is 0 Å². The highest BCUT2D eigenvalue weighted by atomic mass is 16.3. The van der Waals surface area contributed by atoms with Crippen molar-refractivity contribution >= 4 is 0 Å². The van der Waals surface area contributed by atoms with E-state index in [1.807, 2.05) is 6.20 Å². The van der Waals surface area contributed by atoms with Crippen molar-refractivity contribution in [3.8, 4) is 0 Å². The second kappa shape index (κ2) is 6.02. The lowest BCUT2D eigenvalue weighted by atomic mass is 10.0. The summed E-state index contributed by atoms with van der Waals surface area (Å²) in [5.41, 5.74) is 3.69. The van der Waals surface area contributed by atoms with Crippen LogP contribution in [0.3, 0.4) is 0 Å². The first-order valence-electron chi connectivity index (χ1n) is 6.83. The summed E-state index contributed by atoms with van der Waals surface area (Å²) in [5.74, 6) is 0.958. The molecule has 0 aliphatic heterocycles. The van der Waals surface area contributed by atoms with E-state index in [9.17, 15) is 5.11 Å². The first kappa shape index (κ1) is 13.8. The van der Waals surface area contributed by atoms with E-state index in [-0.39, 0.29) is 6.10 Å². The summed E-state index contributed by atoms with van der Waals surface area (Å²) in [6, 6.07) is 6.44. The average molecular weight is 258 g/mol. The zero-order valence-corrected chi connectivity index (χ0v) is 11.9. The van der Waals surface area contributed by atoms with Crippen LogP contribution in [0, 0.1) is 13.8 Å². The van der Waals surface area contributed by atoms with Crippen LogP contribution in [0.2, 0.25) is 0 Å². The molecule has 0 bridgehead atoms. The van der Waals surface area contributed by atoms with Crippen LogP contribution in [0.25, 0.3) is 0 Å². The van der Waals surface area contributed by atoms with Gasteiger partial charge in [0.1, 0.15) is 5.82 Å². The summed E-state index contributed by atoms with van der Waals surface area (Å²) in [4.78, 5) is 4.31. The molecule has 3 heteroatoms. The van der Waals surface area contributed by atoms with E-state index in [4.69, 9.17) is 0 Å². The number of aliphatic hydroxyl groups excluding tert-OH is 1. The van der Waals surface area contributed by atoms with Gasteiger partial charge >= 0.3 is 0 Å². The molecular weight excluding hydrogens is 236 g/mol. The van der Waals surface area contributed by atoms with Gasteiger partial charge in [-0.05, 0) is 32.8 Å². The second-order valence-electron chi connectivity index (χ2n) is 5.19. The molecule has 0 spiro atoms. The molecule has 1 aromatic carbocycles. The van der Waals surface area contributed by atoms with Gasteiger partial charge in [0, 0.05) is 25.4 Å². The molecule has 0 aliphatic carbocycles. The van der Waals surface area contributed by atoms with Gasteiger partial charge in [-0.3, -0.25) is 0 Å². The molecule has 2 rings (SSSR count). The van der Waals surface area contributed by atoms with E-state index >= 15 is 0 Å². The fourth-order valence-corrected chi connectivity index (χ4v) is 2.56. The average Bonchev–Trinajstić information content (AvgIpc) is 2.74. The van der Waals surface area contributed by atoms with Crippen LogP contribution in [-0.4, -0.2) is 20.8 Å². The van der Waals surface area contributed by atoms with Gasteiger partial charge in [-0.1, -0.05) is 29.3 Å². The van der Waals surface area contributed by atoms with Gasteiger partial charge in [0.25, 0.3) is 0 Å². The maximum Gasteiger partial charge on any atom is 0.111 e. The van der Waals surface area contributed by atoms with Crippen LogP contribution in [0.4, 0.5) is 0 Å². The van der Waals surface area contributed by atoms with E-state index in [0.717, 1.165) is 12.4 Å². The Morgan fingerprint density at radius 1 is 1.16 bits per heavy atom. The number of hydrogen-bond donors (Lipinski definition) is 1. The van der Waals surface area contributed by atoms with Crippen molar-refractivity contribution < 1.29 is 5.11 Å². The Morgan fingerprint density at radius 3 is 2.47 bits per heavy atom. The Morgan fingerprint density at radius 2 is 1.84 bits per heavy atom.